The van der Waals surface area contributed by atoms with Crippen LogP contribution in [0.4, 0.5) is 0 Å². The summed E-state index contributed by atoms with van der Waals surface area (Å²) < 4.78 is 30.9. The summed E-state index contributed by atoms with van der Waals surface area (Å²) in [6, 6.07) is 0. The van der Waals surface area contributed by atoms with E-state index < -0.39 is 27.2 Å². The fourth-order valence-electron chi connectivity index (χ4n) is 1.43. The minimum Gasteiger partial charge on any atom is -0.481 e. The average Bonchev–Trinajstić information content (AvgIpc) is 2.27. The number of aliphatic carboxylic acids is 1. The molecule has 0 aliphatic carbocycles. The van der Waals surface area contributed by atoms with Crippen molar-refractivity contribution in [3.63, 3.8) is 0 Å². The van der Waals surface area contributed by atoms with Crippen molar-refractivity contribution in [3.05, 3.63) is 0 Å². The van der Waals surface area contributed by atoms with E-state index >= 15 is 0 Å². The van der Waals surface area contributed by atoms with Crippen molar-refractivity contribution in [2.75, 3.05) is 19.8 Å². The molecule has 1 saturated heterocycles. The summed E-state index contributed by atoms with van der Waals surface area (Å²) in [5, 5.41) is 8.18. The maximum atomic E-state index is 11.8. The molecule has 94 valence electrons. The average molecular weight is 251 g/mol. The summed E-state index contributed by atoms with van der Waals surface area (Å²) in [5.74, 6) is -1.72. The van der Waals surface area contributed by atoms with E-state index in [1.807, 2.05) is 0 Å². The zero-order valence-corrected chi connectivity index (χ0v) is 10.00. The number of sulfonamides is 1. The molecule has 1 fully saturated rings. The molecular formula is C9H17NO5S. The summed E-state index contributed by atoms with van der Waals surface area (Å²) in [5.41, 5.74) is 0. The number of hydrogen-bond donors (Lipinski definition) is 2. The molecule has 1 rings (SSSR count). The van der Waals surface area contributed by atoms with Gasteiger partial charge >= 0.3 is 5.97 Å². The molecule has 0 aromatic heterocycles. The molecule has 6 nitrogen and oxygen atoms in total. The molecule has 0 amide bonds. The lowest BCUT2D eigenvalue weighted by Gasteiger charge is -2.22. The Labute approximate surface area is 95.0 Å². The highest BCUT2D eigenvalue weighted by Crippen LogP contribution is 2.14. The van der Waals surface area contributed by atoms with Crippen molar-refractivity contribution < 1.29 is 23.1 Å². The normalized spacial score (nSPS) is 20.6. The van der Waals surface area contributed by atoms with Crippen LogP contribution in [0.25, 0.3) is 0 Å². The van der Waals surface area contributed by atoms with E-state index in [2.05, 4.69) is 4.72 Å². The van der Waals surface area contributed by atoms with Crippen LogP contribution in [0.2, 0.25) is 0 Å². The topological polar surface area (TPSA) is 92.7 Å². The summed E-state index contributed by atoms with van der Waals surface area (Å²) in [4.78, 5) is 10.5. The van der Waals surface area contributed by atoms with Crippen LogP contribution in [-0.2, 0) is 19.6 Å². The lowest BCUT2D eigenvalue weighted by atomic mass is 10.2. The van der Waals surface area contributed by atoms with Gasteiger partial charge in [-0.1, -0.05) is 6.92 Å². The molecule has 1 aliphatic heterocycles. The van der Waals surface area contributed by atoms with Crippen LogP contribution in [0.5, 0.6) is 0 Å². The molecule has 1 atom stereocenters. The predicted molar refractivity (Wildman–Crippen MR) is 57.6 cm³/mol. The zero-order chi connectivity index (χ0) is 12.2. The molecular weight excluding hydrogens is 234 g/mol. The number of nitrogens with one attached hydrogen (secondary N) is 1. The van der Waals surface area contributed by atoms with E-state index in [9.17, 15) is 13.2 Å². The highest BCUT2D eigenvalue weighted by atomic mass is 32.2. The first-order valence-electron chi connectivity index (χ1n) is 5.22. The Kier molecular flexibility index (Phi) is 4.69. The van der Waals surface area contributed by atoms with Crippen LogP contribution in [0.3, 0.4) is 0 Å². The van der Waals surface area contributed by atoms with E-state index in [0.717, 1.165) is 0 Å². The Morgan fingerprint density at radius 3 is 2.56 bits per heavy atom. The highest BCUT2D eigenvalue weighted by molar-refractivity contribution is 7.90. The van der Waals surface area contributed by atoms with Gasteiger partial charge in [0.1, 0.15) is 0 Å². The summed E-state index contributed by atoms with van der Waals surface area (Å²) in [6.07, 6.45) is 0.938. The quantitative estimate of drug-likeness (QED) is 0.706. The maximum absolute atomic E-state index is 11.8. The molecule has 0 aromatic carbocycles. The lowest BCUT2D eigenvalue weighted by Crippen LogP contribution is -2.40. The largest absolute Gasteiger partial charge is 0.481 e. The number of hydrogen-bond acceptors (Lipinski definition) is 4. The summed E-state index contributed by atoms with van der Waals surface area (Å²) in [7, 11) is -3.41. The third-order valence-corrected chi connectivity index (χ3v) is 4.54. The minimum atomic E-state index is -3.41. The molecule has 0 saturated carbocycles. The van der Waals surface area contributed by atoms with Gasteiger partial charge in [-0.3, -0.25) is 4.79 Å². The van der Waals surface area contributed by atoms with Gasteiger partial charge in [-0.25, -0.2) is 13.1 Å². The van der Waals surface area contributed by atoms with Gasteiger partial charge in [0, 0.05) is 19.8 Å². The molecule has 7 heteroatoms. The SMILES string of the molecule is CC(CNS(=O)(=O)C1CCOCC1)C(=O)O. The number of carboxylic acid groups (broad SMARTS) is 1. The first-order chi connectivity index (χ1) is 7.43. The van der Waals surface area contributed by atoms with Crippen molar-refractivity contribution in [1.29, 1.82) is 0 Å². The second-order valence-corrected chi connectivity index (χ2v) is 5.99. The van der Waals surface area contributed by atoms with Crippen molar-refractivity contribution in [2.24, 2.45) is 5.92 Å². The van der Waals surface area contributed by atoms with Crippen LogP contribution < -0.4 is 4.72 Å². The Balaban J connectivity index is 2.47. The summed E-state index contributed by atoms with van der Waals surface area (Å²) >= 11 is 0. The van der Waals surface area contributed by atoms with E-state index in [-0.39, 0.29) is 6.54 Å². The van der Waals surface area contributed by atoms with Gasteiger partial charge in [0.15, 0.2) is 0 Å². The Morgan fingerprint density at radius 2 is 2.06 bits per heavy atom. The molecule has 1 unspecified atom stereocenters. The van der Waals surface area contributed by atoms with Gasteiger partial charge in [-0.05, 0) is 12.8 Å². The Bertz CT molecular complexity index is 334. The van der Waals surface area contributed by atoms with Crippen LogP contribution >= 0.6 is 0 Å². The fraction of sp³-hybridized carbons (Fsp3) is 0.889. The van der Waals surface area contributed by atoms with Crippen LogP contribution in [-0.4, -0.2) is 44.5 Å². The van der Waals surface area contributed by atoms with Crippen LogP contribution in [0, 0.1) is 5.92 Å². The van der Waals surface area contributed by atoms with E-state index in [1.54, 1.807) is 0 Å². The molecule has 0 bridgehead atoms. The zero-order valence-electron chi connectivity index (χ0n) is 9.18. The first-order valence-corrected chi connectivity index (χ1v) is 6.77. The third kappa shape index (κ3) is 3.73. The van der Waals surface area contributed by atoms with Gasteiger partial charge in [0.2, 0.25) is 10.0 Å². The van der Waals surface area contributed by atoms with Gasteiger partial charge in [-0.2, -0.15) is 0 Å². The molecule has 2 N–H and O–H groups in total. The number of carboxylic acids is 1. The van der Waals surface area contributed by atoms with Crippen molar-refractivity contribution in [3.8, 4) is 0 Å². The van der Waals surface area contributed by atoms with Crippen LogP contribution in [0.1, 0.15) is 19.8 Å². The van der Waals surface area contributed by atoms with Crippen molar-refractivity contribution >= 4 is 16.0 Å². The molecule has 0 spiro atoms. The van der Waals surface area contributed by atoms with Gasteiger partial charge in [-0.15, -0.1) is 0 Å². The molecule has 1 aliphatic rings. The maximum Gasteiger partial charge on any atom is 0.307 e. The van der Waals surface area contributed by atoms with Gasteiger partial charge in [0.25, 0.3) is 0 Å². The molecule has 0 radical (unpaired) electrons. The Morgan fingerprint density at radius 1 is 1.50 bits per heavy atom. The highest BCUT2D eigenvalue weighted by Gasteiger charge is 2.28. The minimum absolute atomic E-state index is 0.0605. The first kappa shape index (κ1) is 13.4. The van der Waals surface area contributed by atoms with Crippen molar-refractivity contribution in [2.45, 2.75) is 25.0 Å². The van der Waals surface area contributed by atoms with Gasteiger partial charge < -0.3 is 9.84 Å². The number of rotatable bonds is 5. The van der Waals surface area contributed by atoms with Crippen LogP contribution in [0.15, 0.2) is 0 Å². The van der Waals surface area contributed by atoms with E-state index in [4.69, 9.17) is 9.84 Å². The lowest BCUT2D eigenvalue weighted by molar-refractivity contribution is -0.140. The third-order valence-electron chi connectivity index (χ3n) is 2.62. The van der Waals surface area contributed by atoms with E-state index in [0.29, 0.717) is 26.1 Å². The second kappa shape index (κ2) is 5.60. The second-order valence-electron chi connectivity index (χ2n) is 3.94. The molecule has 1 heterocycles. The summed E-state index contributed by atoms with van der Waals surface area (Å²) in [6.45, 7) is 2.30. The smallest absolute Gasteiger partial charge is 0.307 e. The molecule has 0 aromatic rings. The number of carbonyl (C=O) groups is 1. The number of ether oxygens (including phenoxy) is 1. The fourth-order valence-corrected chi connectivity index (χ4v) is 2.96. The van der Waals surface area contributed by atoms with Crippen molar-refractivity contribution in [1.82, 2.24) is 4.72 Å². The van der Waals surface area contributed by atoms with Gasteiger partial charge in [0.05, 0.1) is 11.2 Å². The predicted octanol–water partition coefficient (Wildman–Crippen LogP) is -0.194. The standard InChI is InChI=1S/C9H17NO5S/c1-7(9(11)12)6-10-16(13,14)8-2-4-15-5-3-8/h7-8,10H,2-6H2,1H3,(H,11,12). The molecule has 16 heavy (non-hydrogen) atoms. The van der Waals surface area contributed by atoms with E-state index in [1.165, 1.54) is 6.92 Å². The Hall–Kier alpha value is -0.660. The monoisotopic (exact) mass is 251 g/mol.